The van der Waals surface area contributed by atoms with E-state index in [0.717, 1.165) is 12.1 Å². The number of rotatable bonds is 4. The van der Waals surface area contributed by atoms with E-state index in [-0.39, 0.29) is 28.6 Å². The molecule has 2 aromatic heterocycles. The number of nitrogens with zero attached hydrogens (tertiary/aromatic N) is 4. The Morgan fingerprint density at radius 3 is 2.72 bits per heavy atom. The van der Waals surface area contributed by atoms with E-state index in [0.29, 0.717) is 13.0 Å². The Kier molecular flexibility index (Phi) is 4.54. The first-order chi connectivity index (χ1) is 11.7. The van der Waals surface area contributed by atoms with Crippen LogP contribution in [0.2, 0.25) is 0 Å². The van der Waals surface area contributed by atoms with Crippen LogP contribution in [0.4, 0.5) is 0 Å². The van der Waals surface area contributed by atoms with Crippen molar-refractivity contribution >= 4 is 10.0 Å². The monoisotopic (exact) mass is 365 g/mol. The molecule has 1 atom stereocenters. The summed E-state index contributed by atoms with van der Waals surface area (Å²) in [6.07, 6.45) is 4.10. The SMILES string of the molecule is CC(C)(C)c1ccc(=O)n(CC2CCCN2S(=O)(=O)c2cnc[nH]2)n1. The lowest BCUT2D eigenvalue weighted by atomic mass is 9.92. The summed E-state index contributed by atoms with van der Waals surface area (Å²) in [6.45, 7) is 6.74. The number of hydrogen-bond acceptors (Lipinski definition) is 5. The van der Waals surface area contributed by atoms with Crippen LogP contribution in [0.1, 0.15) is 39.3 Å². The van der Waals surface area contributed by atoms with Gasteiger partial charge in [0.25, 0.3) is 15.6 Å². The molecule has 0 saturated carbocycles. The molecule has 1 N–H and O–H groups in total. The minimum atomic E-state index is -3.64. The van der Waals surface area contributed by atoms with Crippen molar-refractivity contribution in [2.75, 3.05) is 6.54 Å². The third-order valence-corrected chi connectivity index (χ3v) is 6.28. The zero-order valence-corrected chi connectivity index (χ0v) is 15.5. The van der Waals surface area contributed by atoms with Crippen LogP contribution >= 0.6 is 0 Å². The Balaban J connectivity index is 1.89. The van der Waals surface area contributed by atoms with E-state index < -0.39 is 10.0 Å². The highest BCUT2D eigenvalue weighted by Crippen LogP contribution is 2.26. The average Bonchev–Trinajstić information content (AvgIpc) is 3.19. The molecule has 2 aromatic rings. The van der Waals surface area contributed by atoms with E-state index in [1.54, 1.807) is 6.07 Å². The van der Waals surface area contributed by atoms with E-state index in [4.69, 9.17) is 0 Å². The maximum absolute atomic E-state index is 12.8. The summed E-state index contributed by atoms with van der Waals surface area (Å²) in [7, 11) is -3.64. The summed E-state index contributed by atoms with van der Waals surface area (Å²) in [5.74, 6) is 0. The van der Waals surface area contributed by atoms with Gasteiger partial charge in [0.05, 0.1) is 24.8 Å². The van der Waals surface area contributed by atoms with Crippen molar-refractivity contribution in [1.82, 2.24) is 24.1 Å². The molecule has 0 aromatic carbocycles. The highest BCUT2D eigenvalue weighted by Gasteiger charge is 2.36. The molecule has 3 heterocycles. The number of imidazole rings is 1. The van der Waals surface area contributed by atoms with Crippen molar-refractivity contribution in [3.05, 3.63) is 40.7 Å². The fraction of sp³-hybridized carbons (Fsp3) is 0.562. The molecule has 136 valence electrons. The molecule has 25 heavy (non-hydrogen) atoms. The molecule has 1 aliphatic heterocycles. The molecule has 0 amide bonds. The van der Waals surface area contributed by atoms with Crippen LogP contribution in [0.25, 0.3) is 0 Å². The molecular formula is C16H23N5O3S. The number of hydrogen-bond donors (Lipinski definition) is 1. The van der Waals surface area contributed by atoms with Crippen molar-refractivity contribution in [3.63, 3.8) is 0 Å². The van der Waals surface area contributed by atoms with Gasteiger partial charge in [-0.05, 0) is 18.9 Å². The third-order valence-electron chi connectivity index (χ3n) is 4.40. The van der Waals surface area contributed by atoms with Crippen LogP contribution < -0.4 is 5.56 Å². The van der Waals surface area contributed by atoms with E-state index in [9.17, 15) is 13.2 Å². The van der Waals surface area contributed by atoms with E-state index in [1.165, 1.54) is 27.6 Å². The first-order valence-corrected chi connectivity index (χ1v) is 9.72. The fourth-order valence-electron chi connectivity index (χ4n) is 3.00. The fourth-order valence-corrected chi connectivity index (χ4v) is 4.58. The predicted molar refractivity (Wildman–Crippen MR) is 92.7 cm³/mol. The number of H-pyrrole nitrogens is 1. The Hall–Kier alpha value is -2.00. The maximum atomic E-state index is 12.8. The van der Waals surface area contributed by atoms with Crippen molar-refractivity contribution in [1.29, 1.82) is 0 Å². The molecule has 0 bridgehead atoms. The van der Waals surface area contributed by atoms with Gasteiger partial charge in [0.15, 0.2) is 5.03 Å². The van der Waals surface area contributed by atoms with Gasteiger partial charge in [-0.3, -0.25) is 4.79 Å². The van der Waals surface area contributed by atoms with E-state index in [2.05, 4.69) is 15.1 Å². The molecular weight excluding hydrogens is 342 g/mol. The van der Waals surface area contributed by atoms with Crippen molar-refractivity contribution in [2.45, 2.75) is 56.6 Å². The van der Waals surface area contributed by atoms with Crippen molar-refractivity contribution < 1.29 is 8.42 Å². The number of aromatic nitrogens is 4. The zero-order valence-electron chi connectivity index (χ0n) is 14.6. The lowest BCUT2D eigenvalue weighted by molar-refractivity contribution is 0.330. The molecule has 1 aliphatic rings. The number of aromatic amines is 1. The third kappa shape index (κ3) is 3.52. The highest BCUT2D eigenvalue weighted by molar-refractivity contribution is 7.89. The molecule has 0 aliphatic carbocycles. The quantitative estimate of drug-likeness (QED) is 0.875. The van der Waals surface area contributed by atoms with Gasteiger partial charge >= 0.3 is 0 Å². The summed E-state index contributed by atoms with van der Waals surface area (Å²) in [5, 5.41) is 4.52. The smallest absolute Gasteiger partial charge is 0.266 e. The Morgan fingerprint density at radius 2 is 2.08 bits per heavy atom. The predicted octanol–water partition coefficient (Wildman–Crippen LogP) is 1.12. The van der Waals surface area contributed by atoms with E-state index in [1.807, 2.05) is 20.8 Å². The minimum absolute atomic E-state index is 0.0724. The Labute approximate surface area is 146 Å². The second-order valence-corrected chi connectivity index (χ2v) is 9.18. The van der Waals surface area contributed by atoms with Crippen molar-refractivity contribution in [3.8, 4) is 0 Å². The van der Waals surface area contributed by atoms with E-state index >= 15 is 0 Å². The molecule has 1 unspecified atom stereocenters. The molecule has 1 fully saturated rings. The van der Waals surface area contributed by atoms with Gasteiger partial charge in [0.2, 0.25) is 0 Å². The second kappa shape index (κ2) is 6.38. The summed E-state index contributed by atoms with van der Waals surface area (Å²) in [4.78, 5) is 18.6. The van der Waals surface area contributed by atoms with Crippen LogP contribution in [0.5, 0.6) is 0 Å². The van der Waals surface area contributed by atoms with Crippen molar-refractivity contribution in [2.24, 2.45) is 0 Å². The number of nitrogens with one attached hydrogen (secondary N) is 1. The zero-order chi connectivity index (χ0) is 18.2. The normalized spacial score (nSPS) is 19.4. The standard InChI is InChI=1S/C16H23N5O3S/c1-16(2,3)13-6-7-15(22)20(19-13)10-12-5-4-8-21(12)25(23,24)14-9-17-11-18-14/h6-7,9,11-12H,4-5,8,10H2,1-3H3,(H,17,18). The van der Waals surface area contributed by atoms with Gasteiger partial charge in [-0.1, -0.05) is 20.8 Å². The van der Waals surface area contributed by atoms with Crippen LogP contribution in [-0.4, -0.2) is 45.1 Å². The number of sulfonamides is 1. The summed E-state index contributed by atoms with van der Waals surface area (Å²) >= 11 is 0. The summed E-state index contributed by atoms with van der Waals surface area (Å²) in [6, 6.07) is 2.93. The molecule has 0 radical (unpaired) electrons. The molecule has 8 nitrogen and oxygen atoms in total. The molecule has 3 rings (SSSR count). The first kappa shape index (κ1) is 17.8. The second-order valence-electron chi connectivity index (χ2n) is 7.32. The lowest BCUT2D eigenvalue weighted by Gasteiger charge is -2.24. The summed E-state index contributed by atoms with van der Waals surface area (Å²) < 4.78 is 28.3. The lowest BCUT2D eigenvalue weighted by Crippen LogP contribution is -2.41. The van der Waals surface area contributed by atoms with Crippen LogP contribution in [0.15, 0.2) is 34.5 Å². The average molecular weight is 365 g/mol. The molecule has 9 heteroatoms. The Morgan fingerprint density at radius 1 is 1.32 bits per heavy atom. The van der Waals surface area contributed by atoms with Gasteiger partial charge in [0, 0.05) is 24.1 Å². The highest BCUT2D eigenvalue weighted by atomic mass is 32.2. The largest absolute Gasteiger partial charge is 0.335 e. The minimum Gasteiger partial charge on any atom is -0.335 e. The van der Waals surface area contributed by atoms with Gasteiger partial charge in [0.1, 0.15) is 0 Å². The Bertz CT molecular complexity index is 897. The topological polar surface area (TPSA) is 101 Å². The van der Waals surface area contributed by atoms with Crippen LogP contribution in [0, 0.1) is 0 Å². The molecule has 1 saturated heterocycles. The van der Waals surface area contributed by atoms with Gasteiger partial charge in [-0.2, -0.15) is 9.40 Å². The van der Waals surface area contributed by atoms with Gasteiger partial charge < -0.3 is 4.98 Å². The maximum Gasteiger partial charge on any atom is 0.266 e. The molecule has 0 spiro atoms. The summed E-state index contributed by atoms with van der Waals surface area (Å²) in [5.41, 5.74) is 0.388. The van der Waals surface area contributed by atoms with Crippen LogP contribution in [0.3, 0.4) is 0 Å². The van der Waals surface area contributed by atoms with Gasteiger partial charge in [-0.25, -0.2) is 18.1 Å². The van der Waals surface area contributed by atoms with Gasteiger partial charge in [-0.15, -0.1) is 0 Å². The first-order valence-electron chi connectivity index (χ1n) is 8.28. The van der Waals surface area contributed by atoms with Crippen LogP contribution in [-0.2, 0) is 22.0 Å².